The number of nitrogens with zero attached hydrogens (tertiary/aromatic N) is 2. The van der Waals surface area contributed by atoms with Gasteiger partial charge < -0.3 is 19.8 Å². The van der Waals surface area contributed by atoms with Gasteiger partial charge in [0.05, 0.1) is 21.5 Å². The minimum Gasteiger partial charge on any atom is -0.489 e. The molecule has 2 N–H and O–H groups in total. The predicted octanol–water partition coefficient (Wildman–Crippen LogP) is 3.95. The van der Waals surface area contributed by atoms with Gasteiger partial charge in [-0.1, -0.05) is 6.07 Å². The van der Waals surface area contributed by atoms with Crippen LogP contribution in [0.2, 0.25) is 0 Å². The molecule has 2 aliphatic rings. The average molecular weight is 565 g/mol. The molecule has 2 aromatic carbocycles. The predicted molar refractivity (Wildman–Crippen MR) is 144 cm³/mol. The Morgan fingerprint density at radius 3 is 2.65 bits per heavy atom. The molecule has 0 unspecified atom stereocenters. The van der Waals surface area contributed by atoms with E-state index in [1.165, 1.54) is 17.7 Å². The van der Waals surface area contributed by atoms with Crippen LogP contribution in [0.1, 0.15) is 47.4 Å². The van der Waals surface area contributed by atoms with Gasteiger partial charge in [-0.2, -0.15) is 5.26 Å². The van der Waals surface area contributed by atoms with E-state index in [1.807, 2.05) is 12.1 Å². The zero-order valence-corrected chi connectivity index (χ0v) is 22.1. The smallest absolute Gasteiger partial charge is 0.287 e. The summed E-state index contributed by atoms with van der Waals surface area (Å²) in [4.78, 5) is 27.6. The Hall–Kier alpha value is -3.19. The molecule has 1 amide bonds. The third-order valence-corrected chi connectivity index (χ3v) is 7.60. The highest BCUT2D eigenvalue weighted by Crippen LogP contribution is 2.29. The first kappa shape index (κ1) is 25.5. The Morgan fingerprint density at radius 1 is 1.14 bits per heavy atom. The number of hydrogen-bond acceptors (Lipinski definition) is 7. The molecule has 2 fully saturated rings. The first-order valence-electron chi connectivity index (χ1n) is 12.7. The maximum Gasteiger partial charge on any atom is 0.287 e. The number of carbonyl (C=O) groups is 1. The van der Waals surface area contributed by atoms with Crippen LogP contribution in [0.4, 0.5) is 0 Å². The SMILES string of the molecule is N#Cc1ccc2oc(C(=O)NC3CCN(Cc4ccc(OC5CCNCC5)c(Br)c4)CC3)cc(=O)c2c1. The lowest BCUT2D eigenvalue weighted by Crippen LogP contribution is -2.44. The number of nitriles is 1. The van der Waals surface area contributed by atoms with Gasteiger partial charge in [0.25, 0.3) is 5.91 Å². The average Bonchev–Trinajstić information content (AvgIpc) is 2.91. The summed E-state index contributed by atoms with van der Waals surface area (Å²) in [6.45, 7) is 4.54. The topological polar surface area (TPSA) is 108 Å². The second-order valence-electron chi connectivity index (χ2n) is 9.65. The van der Waals surface area contributed by atoms with Crippen molar-refractivity contribution < 1.29 is 13.9 Å². The Labute approximate surface area is 223 Å². The summed E-state index contributed by atoms with van der Waals surface area (Å²) in [5, 5.41) is 15.7. The zero-order valence-electron chi connectivity index (χ0n) is 20.5. The summed E-state index contributed by atoms with van der Waals surface area (Å²) in [5.41, 5.74) is 1.54. The fourth-order valence-corrected chi connectivity index (χ4v) is 5.44. The number of hydrogen-bond donors (Lipinski definition) is 2. The molecule has 3 aromatic rings. The molecule has 0 atom stereocenters. The maximum absolute atomic E-state index is 12.8. The molecule has 37 heavy (non-hydrogen) atoms. The Kier molecular flexibility index (Phi) is 7.89. The quantitative estimate of drug-likeness (QED) is 0.466. The van der Waals surface area contributed by atoms with Crippen molar-refractivity contribution in [1.82, 2.24) is 15.5 Å². The standard InChI is InChI=1S/C28H29BrN4O4/c29-23-14-19(2-4-26(23)36-21-5-9-31-10-6-21)17-33-11-7-20(8-12-33)32-28(35)27-15-24(34)22-13-18(16-30)1-3-25(22)37-27/h1-4,13-15,20-21,31H,5-12,17H2,(H,32,35). The van der Waals surface area contributed by atoms with Crippen molar-refractivity contribution in [2.24, 2.45) is 0 Å². The summed E-state index contributed by atoms with van der Waals surface area (Å²) < 4.78 is 12.8. The van der Waals surface area contributed by atoms with E-state index >= 15 is 0 Å². The van der Waals surface area contributed by atoms with Gasteiger partial charge in [0.1, 0.15) is 17.4 Å². The second-order valence-corrected chi connectivity index (χ2v) is 10.5. The van der Waals surface area contributed by atoms with Crippen LogP contribution >= 0.6 is 15.9 Å². The minimum atomic E-state index is -0.393. The van der Waals surface area contributed by atoms with Gasteiger partial charge in [-0.25, -0.2) is 0 Å². The van der Waals surface area contributed by atoms with Crippen molar-refractivity contribution >= 4 is 32.8 Å². The number of fused-ring (bicyclic) bond motifs is 1. The van der Waals surface area contributed by atoms with Crippen LogP contribution < -0.4 is 20.8 Å². The van der Waals surface area contributed by atoms with Crippen molar-refractivity contribution in [3.63, 3.8) is 0 Å². The highest BCUT2D eigenvalue weighted by atomic mass is 79.9. The van der Waals surface area contributed by atoms with Crippen LogP contribution in [0.25, 0.3) is 11.0 Å². The van der Waals surface area contributed by atoms with Gasteiger partial charge in [0, 0.05) is 31.7 Å². The summed E-state index contributed by atoms with van der Waals surface area (Å²) in [5.74, 6) is 0.485. The molecule has 0 saturated carbocycles. The van der Waals surface area contributed by atoms with Gasteiger partial charge in [-0.05, 0) is 90.6 Å². The van der Waals surface area contributed by atoms with Gasteiger partial charge in [0.15, 0.2) is 11.2 Å². The second kappa shape index (κ2) is 11.5. The normalized spacial score (nSPS) is 17.4. The molecule has 8 nitrogen and oxygen atoms in total. The molecule has 2 saturated heterocycles. The maximum atomic E-state index is 12.8. The number of piperidine rings is 2. The molecule has 3 heterocycles. The summed E-state index contributed by atoms with van der Waals surface area (Å²) >= 11 is 3.67. The van der Waals surface area contributed by atoms with Crippen LogP contribution in [0, 0.1) is 11.3 Å². The third kappa shape index (κ3) is 6.21. The van der Waals surface area contributed by atoms with E-state index in [0.29, 0.717) is 16.5 Å². The van der Waals surface area contributed by atoms with Crippen LogP contribution in [-0.2, 0) is 6.54 Å². The molecule has 5 rings (SSSR count). The largest absolute Gasteiger partial charge is 0.489 e. The molecule has 0 radical (unpaired) electrons. The van der Waals surface area contributed by atoms with Gasteiger partial charge in [-0.15, -0.1) is 0 Å². The molecule has 1 aromatic heterocycles. The first-order valence-corrected chi connectivity index (χ1v) is 13.4. The molecular weight excluding hydrogens is 536 g/mol. The fraction of sp³-hybridized carbons (Fsp3) is 0.393. The molecule has 0 spiro atoms. The number of ether oxygens (including phenoxy) is 1. The highest BCUT2D eigenvalue weighted by Gasteiger charge is 2.23. The lowest BCUT2D eigenvalue weighted by molar-refractivity contribution is 0.0881. The van der Waals surface area contributed by atoms with Gasteiger partial charge >= 0.3 is 0 Å². The highest BCUT2D eigenvalue weighted by molar-refractivity contribution is 9.10. The number of halogens is 1. The molecule has 9 heteroatoms. The molecular formula is C28H29BrN4O4. The summed E-state index contributed by atoms with van der Waals surface area (Å²) in [6, 6.07) is 14.1. The van der Waals surface area contributed by atoms with E-state index in [2.05, 4.69) is 43.6 Å². The number of rotatable bonds is 6. The van der Waals surface area contributed by atoms with Crippen LogP contribution in [0.3, 0.4) is 0 Å². The van der Waals surface area contributed by atoms with E-state index in [0.717, 1.165) is 68.6 Å². The number of likely N-dealkylation sites (tertiary alicyclic amines) is 1. The molecule has 0 aliphatic carbocycles. The van der Waals surface area contributed by atoms with E-state index in [1.54, 1.807) is 12.1 Å². The van der Waals surface area contributed by atoms with Crippen molar-refractivity contribution in [2.45, 2.75) is 44.4 Å². The van der Waals surface area contributed by atoms with Crippen LogP contribution in [0.5, 0.6) is 5.75 Å². The summed E-state index contributed by atoms with van der Waals surface area (Å²) in [7, 11) is 0. The van der Waals surface area contributed by atoms with E-state index in [-0.39, 0.29) is 23.3 Å². The van der Waals surface area contributed by atoms with Crippen molar-refractivity contribution in [2.75, 3.05) is 26.2 Å². The van der Waals surface area contributed by atoms with Gasteiger partial charge in [-0.3, -0.25) is 14.5 Å². The van der Waals surface area contributed by atoms with Crippen molar-refractivity contribution in [1.29, 1.82) is 5.26 Å². The minimum absolute atomic E-state index is 0.0122. The van der Waals surface area contributed by atoms with Crippen LogP contribution in [0.15, 0.2) is 56.1 Å². The number of nitrogens with one attached hydrogen (secondary N) is 2. The first-order chi connectivity index (χ1) is 18.0. The lowest BCUT2D eigenvalue weighted by atomic mass is 10.0. The van der Waals surface area contributed by atoms with E-state index < -0.39 is 5.91 Å². The monoisotopic (exact) mass is 564 g/mol. The Morgan fingerprint density at radius 2 is 1.92 bits per heavy atom. The Bertz CT molecular complexity index is 1390. The number of carbonyl (C=O) groups excluding carboxylic acids is 1. The van der Waals surface area contributed by atoms with Gasteiger partial charge in [0.2, 0.25) is 0 Å². The molecule has 0 bridgehead atoms. The van der Waals surface area contributed by atoms with Crippen LogP contribution in [-0.4, -0.2) is 49.1 Å². The lowest BCUT2D eigenvalue weighted by Gasteiger charge is -2.32. The van der Waals surface area contributed by atoms with Crippen molar-refractivity contribution in [3.05, 3.63) is 74.0 Å². The number of benzene rings is 2. The molecule has 192 valence electrons. The third-order valence-electron chi connectivity index (χ3n) is 6.99. The number of amides is 1. The van der Waals surface area contributed by atoms with E-state index in [4.69, 9.17) is 14.4 Å². The Balaban J connectivity index is 1.13. The zero-order chi connectivity index (χ0) is 25.8. The fourth-order valence-electron chi connectivity index (χ4n) is 4.92. The van der Waals surface area contributed by atoms with Crippen molar-refractivity contribution in [3.8, 4) is 11.8 Å². The molecule has 2 aliphatic heterocycles. The van der Waals surface area contributed by atoms with E-state index in [9.17, 15) is 9.59 Å². The summed E-state index contributed by atoms with van der Waals surface area (Å²) in [6.07, 6.45) is 3.93.